The number of esters is 1. The molecule has 0 bridgehead atoms. The molecule has 1 aromatic rings. The Balaban J connectivity index is 2.81. The quantitative estimate of drug-likeness (QED) is 0.788. The van der Waals surface area contributed by atoms with Gasteiger partial charge in [-0.05, 0) is 33.8 Å². The molecule has 0 spiro atoms. The lowest BCUT2D eigenvalue weighted by Gasteiger charge is -2.15. The lowest BCUT2D eigenvalue weighted by Crippen LogP contribution is -2.36. The summed E-state index contributed by atoms with van der Waals surface area (Å²) in [6.45, 7) is 7.70. The molecule has 1 aromatic heterocycles. The molecule has 1 heterocycles. The first-order valence-electron chi connectivity index (χ1n) is 6.32. The van der Waals surface area contributed by atoms with E-state index < -0.39 is 12.1 Å². The van der Waals surface area contributed by atoms with Gasteiger partial charge in [0.2, 0.25) is 0 Å². The number of nitrogen functional groups attached to an aromatic ring is 1. The highest BCUT2D eigenvalue weighted by Gasteiger charge is 2.21. The predicted octanol–water partition coefficient (Wildman–Crippen LogP) is 1.33. The molecule has 0 aromatic carbocycles. The molecular weight excluding hydrogens is 246 g/mol. The standard InChI is InChI=1S/C13H21N3O3/c1-5-15-12(17)9(4)19-13(18)11-6-10(14)7-16(11)8(2)3/h6-9H,5,14H2,1-4H3,(H,15,17). The van der Waals surface area contributed by atoms with Crippen molar-refractivity contribution in [1.29, 1.82) is 0 Å². The van der Waals surface area contributed by atoms with Gasteiger partial charge >= 0.3 is 5.97 Å². The molecule has 1 atom stereocenters. The molecule has 3 N–H and O–H groups in total. The van der Waals surface area contributed by atoms with Crippen LogP contribution in [0.15, 0.2) is 12.3 Å². The van der Waals surface area contributed by atoms with E-state index in [0.717, 1.165) is 0 Å². The number of nitrogens with one attached hydrogen (secondary N) is 1. The number of nitrogens with two attached hydrogens (primary N) is 1. The molecule has 0 saturated heterocycles. The van der Waals surface area contributed by atoms with Crippen molar-refractivity contribution in [2.45, 2.75) is 39.8 Å². The maximum absolute atomic E-state index is 12.0. The molecule has 1 unspecified atom stereocenters. The topological polar surface area (TPSA) is 86.3 Å². The van der Waals surface area contributed by atoms with Crippen LogP contribution in [0.3, 0.4) is 0 Å². The summed E-state index contributed by atoms with van der Waals surface area (Å²) in [4.78, 5) is 23.5. The minimum Gasteiger partial charge on any atom is -0.448 e. The summed E-state index contributed by atoms with van der Waals surface area (Å²) in [5.41, 5.74) is 6.53. The van der Waals surface area contributed by atoms with E-state index in [0.29, 0.717) is 17.9 Å². The van der Waals surface area contributed by atoms with Crippen molar-refractivity contribution >= 4 is 17.6 Å². The SMILES string of the molecule is CCNC(=O)C(C)OC(=O)c1cc(N)cn1C(C)C. The lowest BCUT2D eigenvalue weighted by molar-refractivity contribution is -0.129. The summed E-state index contributed by atoms with van der Waals surface area (Å²) >= 11 is 0. The van der Waals surface area contributed by atoms with E-state index >= 15 is 0 Å². The molecule has 1 rings (SSSR count). The number of aromatic nitrogens is 1. The summed E-state index contributed by atoms with van der Waals surface area (Å²) in [6.07, 6.45) is 0.849. The molecular formula is C13H21N3O3. The highest BCUT2D eigenvalue weighted by Crippen LogP contribution is 2.17. The maximum Gasteiger partial charge on any atom is 0.355 e. The fraction of sp³-hybridized carbons (Fsp3) is 0.538. The van der Waals surface area contributed by atoms with Gasteiger partial charge in [-0.2, -0.15) is 0 Å². The molecule has 106 valence electrons. The number of ether oxygens (including phenoxy) is 1. The van der Waals surface area contributed by atoms with Crippen LogP contribution in [-0.2, 0) is 9.53 Å². The molecule has 0 saturated carbocycles. The lowest BCUT2D eigenvalue weighted by atomic mass is 10.3. The largest absolute Gasteiger partial charge is 0.448 e. The van der Waals surface area contributed by atoms with E-state index in [9.17, 15) is 9.59 Å². The Labute approximate surface area is 112 Å². The Morgan fingerprint density at radius 3 is 2.58 bits per heavy atom. The summed E-state index contributed by atoms with van der Waals surface area (Å²) in [5, 5.41) is 2.60. The van der Waals surface area contributed by atoms with E-state index in [2.05, 4.69) is 5.32 Å². The van der Waals surface area contributed by atoms with Gasteiger partial charge in [-0.15, -0.1) is 0 Å². The number of carbonyl (C=O) groups is 2. The average molecular weight is 267 g/mol. The summed E-state index contributed by atoms with van der Waals surface area (Å²) in [7, 11) is 0. The van der Waals surface area contributed by atoms with Crippen LogP contribution in [0, 0.1) is 0 Å². The van der Waals surface area contributed by atoms with Crippen molar-refractivity contribution in [2.24, 2.45) is 0 Å². The molecule has 6 nitrogen and oxygen atoms in total. The van der Waals surface area contributed by atoms with E-state index in [-0.39, 0.29) is 11.9 Å². The highest BCUT2D eigenvalue weighted by molar-refractivity contribution is 5.92. The van der Waals surface area contributed by atoms with Gasteiger partial charge in [0, 0.05) is 18.8 Å². The van der Waals surface area contributed by atoms with Crippen LogP contribution in [-0.4, -0.2) is 29.1 Å². The Hall–Kier alpha value is -1.98. The van der Waals surface area contributed by atoms with Crippen LogP contribution in [0.2, 0.25) is 0 Å². The Morgan fingerprint density at radius 1 is 1.42 bits per heavy atom. The minimum absolute atomic E-state index is 0.0830. The molecule has 0 aliphatic rings. The zero-order valence-corrected chi connectivity index (χ0v) is 11.8. The fourth-order valence-corrected chi connectivity index (χ4v) is 1.68. The Morgan fingerprint density at radius 2 is 2.05 bits per heavy atom. The van der Waals surface area contributed by atoms with Gasteiger partial charge in [0.25, 0.3) is 5.91 Å². The van der Waals surface area contributed by atoms with Crippen LogP contribution >= 0.6 is 0 Å². The number of likely N-dealkylation sites (N-methyl/N-ethyl adjacent to an activating group) is 1. The number of carbonyl (C=O) groups excluding carboxylic acids is 2. The molecule has 0 aliphatic carbocycles. The Bertz CT molecular complexity index is 466. The highest BCUT2D eigenvalue weighted by atomic mass is 16.5. The van der Waals surface area contributed by atoms with Crippen molar-refractivity contribution < 1.29 is 14.3 Å². The van der Waals surface area contributed by atoms with Crippen LogP contribution in [0.1, 0.15) is 44.2 Å². The predicted molar refractivity (Wildman–Crippen MR) is 72.8 cm³/mol. The molecule has 0 aliphatic heterocycles. The fourth-order valence-electron chi connectivity index (χ4n) is 1.68. The van der Waals surface area contributed by atoms with E-state index in [4.69, 9.17) is 10.5 Å². The third kappa shape index (κ3) is 3.74. The monoisotopic (exact) mass is 267 g/mol. The van der Waals surface area contributed by atoms with Crippen LogP contribution in [0.25, 0.3) is 0 Å². The average Bonchev–Trinajstić information content (AvgIpc) is 2.71. The molecule has 1 amide bonds. The first kappa shape index (κ1) is 15.1. The van der Waals surface area contributed by atoms with E-state index in [1.54, 1.807) is 23.8 Å². The number of hydrogen-bond donors (Lipinski definition) is 2. The number of amides is 1. The van der Waals surface area contributed by atoms with E-state index in [1.807, 2.05) is 13.8 Å². The zero-order chi connectivity index (χ0) is 14.6. The molecule has 19 heavy (non-hydrogen) atoms. The number of hydrogen-bond acceptors (Lipinski definition) is 4. The van der Waals surface area contributed by atoms with Crippen molar-refractivity contribution in [3.8, 4) is 0 Å². The normalized spacial score (nSPS) is 12.3. The maximum atomic E-state index is 12.0. The van der Waals surface area contributed by atoms with Gasteiger partial charge in [-0.3, -0.25) is 4.79 Å². The molecule has 6 heteroatoms. The smallest absolute Gasteiger partial charge is 0.355 e. The van der Waals surface area contributed by atoms with Crippen molar-refractivity contribution in [2.75, 3.05) is 12.3 Å². The molecule has 0 fully saturated rings. The molecule has 0 radical (unpaired) electrons. The van der Waals surface area contributed by atoms with Gasteiger partial charge < -0.3 is 20.4 Å². The van der Waals surface area contributed by atoms with Gasteiger partial charge in [-0.25, -0.2) is 4.79 Å². The van der Waals surface area contributed by atoms with Crippen LogP contribution in [0.4, 0.5) is 5.69 Å². The second kappa shape index (κ2) is 6.26. The summed E-state index contributed by atoms with van der Waals surface area (Å²) < 4.78 is 6.85. The van der Waals surface area contributed by atoms with Crippen molar-refractivity contribution in [3.63, 3.8) is 0 Å². The van der Waals surface area contributed by atoms with Crippen LogP contribution < -0.4 is 11.1 Å². The first-order valence-corrected chi connectivity index (χ1v) is 6.32. The van der Waals surface area contributed by atoms with E-state index in [1.165, 1.54) is 6.92 Å². The third-order valence-corrected chi connectivity index (χ3v) is 2.64. The van der Waals surface area contributed by atoms with Gasteiger partial charge in [0.1, 0.15) is 5.69 Å². The first-order chi connectivity index (χ1) is 8.86. The van der Waals surface area contributed by atoms with Crippen molar-refractivity contribution in [3.05, 3.63) is 18.0 Å². The minimum atomic E-state index is -0.829. The summed E-state index contributed by atoms with van der Waals surface area (Å²) in [5.74, 6) is -0.865. The second-order valence-corrected chi connectivity index (χ2v) is 4.60. The zero-order valence-electron chi connectivity index (χ0n) is 11.8. The third-order valence-electron chi connectivity index (χ3n) is 2.64. The van der Waals surface area contributed by atoms with Gasteiger partial charge in [0.05, 0.1) is 5.69 Å². The number of nitrogens with zero attached hydrogens (tertiary/aromatic N) is 1. The summed E-state index contributed by atoms with van der Waals surface area (Å²) in [6, 6.07) is 1.63. The second-order valence-electron chi connectivity index (χ2n) is 4.60. The van der Waals surface area contributed by atoms with Gasteiger partial charge in [-0.1, -0.05) is 0 Å². The Kier molecular flexibility index (Phi) is 4.97. The van der Waals surface area contributed by atoms with Crippen LogP contribution in [0.5, 0.6) is 0 Å². The number of anilines is 1. The van der Waals surface area contributed by atoms with Crippen molar-refractivity contribution in [1.82, 2.24) is 9.88 Å². The number of rotatable bonds is 5. The van der Waals surface area contributed by atoms with Gasteiger partial charge in [0.15, 0.2) is 6.10 Å².